The first-order chi connectivity index (χ1) is 14.5. The molecule has 0 radical (unpaired) electrons. The predicted molar refractivity (Wildman–Crippen MR) is 124 cm³/mol. The highest BCUT2D eigenvalue weighted by molar-refractivity contribution is 7.16. The zero-order valence-corrected chi connectivity index (χ0v) is 18.4. The van der Waals surface area contributed by atoms with Gasteiger partial charge in [-0.15, -0.1) is 0 Å². The van der Waals surface area contributed by atoms with Gasteiger partial charge in [0.15, 0.2) is 0 Å². The molecule has 1 aromatic heterocycles. The number of unbranched alkanes of at least 4 members (excludes halogenated alkanes) is 2. The first-order valence-electron chi connectivity index (χ1n) is 10.8. The molecule has 0 spiro atoms. The lowest BCUT2D eigenvalue weighted by Crippen LogP contribution is -2.30. The predicted octanol–water partition coefficient (Wildman–Crippen LogP) is 4.62. The number of thiazole rings is 1. The van der Waals surface area contributed by atoms with Gasteiger partial charge < -0.3 is 20.6 Å². The Bertz CT molecular complexity index is 967. The van der Waals surface area contributed by atoms with Crippen molar-refractivity contribution in [3.8, 4) is 5.75 Å². The third-order valence-electron chi connectivity index (χ3n) is 5.65. The van der Waals surface area contributed by atoms with E-state index in [-0.39, 0.29) is 16.7 Å². The molecule has 0 unspecified atom stereocenters. The molecule has 4 N–H and O–H groups in total. The number of aromatic hydroxyl groups is 1. The van der Waals surface area contributed by atoms with E-state index in [1.165, 1.54) is 5.56 Å². The number of phenolic OH excluding ortho intramolecular Hbond substituents is 1. The van der Waals surface area contributed by atoms with Gasteiger partial charge in [0, 0.05) is 12.6 Å². The van der Waals surface area contributed by atoms with Crippen LogP contribution in [0, 0.1) is 5.92 Å². The van der Waals surface area contributed by atoms with Gasteiger partial charge in [0.05, 0.1) is 11.3 Å². The smallest absolute Gasteiger partial charge is 0.305 e. The monoisotopic (exact) mass is 428 g/mol. The Hall–Kier alpha value is -2.15. The molecule has 2 atom stereocenters. The van der Waals surface area contributed by atoms with Gasteiger partial charge in [0.2, 0.25) is 0 Å². The fraction of sp³-hybridized carbons (Fsp3) is 0.458. The summed E-state index contributed by atoms with van der Waals surface area (Å²) in [5.74, 6) is 0.503. The maximum Gasteiger partial charge on any atom is 0.305 e. The second-order valence-electron chi connectivity index (χ2n) is 8.01. The molecule has 2 aromatic carbocycles. The highest BCUT2D eigenvalue weighted by Crippen LogP contribution is 2.29. The number of aromatic nitrogens is 1. The molecular formula is C24H32N2O3S. The summed E-state index contributed by atoms with van der Waals surface area (Å²) in [4.78, 5) is 14.2. The van der Waals surface area contributed by atoms with Crippen LogP contribution in [0.15, 0.2) is 47.3 Å². The largest absolute Gasteiger partial charge is 0.506 e. The maximum absolute atomic E-state index is 11.7. The van der Waals surface area contributed by atoms with E-state index in [1.807, 2.05) is 12.1 Å². The number of nitrogens with one attached hydrogen (secondary N) is 1. The van der Waals surface area contributed by atoms with Gasteiger partial charge in [0.25, 0.3) is 0 Å². The third kappa shape index (κ3) is 6.42. The number of phenols is 1. The van der Waals surface area contributed by atoms with Crippen molar-refractivity contribution in [2.24, 2.45) is 11.7 Å². The Kier molecular flexibility index (Phi) is 8.49. The minimum absolute atomic E-state index is 0.0251. The molecule has 1 heterocycles. The summed E-state index contributed by atoms with van der Waals surface area (Å²) in [6, 6.07) is 14.0. The molecule has 3 rings (SSSR count). The molecule has 0 bridgehead atoms. The van der Waals surface area contributed by atoms with E-state index in [0.29, 0.717) is 17.9 Å². The van der Waals surface area contributed by atoms with Crippen molar-refractivity contribution < 1.29 is 9.84 Å². The summed E-state index contributed by atoms with van der Waals surface area (Å²) in [6.07, 6.45) is 6.11. The van der Waals surface area contributed by atoms with Crippen molar-refractivity contribution in [1.29, 1.82) is 0 Å². The number of hydrogen-bond acceptors (Lipinski definition) is 5. The molecule has 0 amide bonds. The molecule has 0 aliphatic heterocycles. The average Bonchev–Trinajstić information content (AvgIpc) is 3.15. The standard InChI is InChI=1S/C24H32N2O3S/c1-17(8-4-3-7-14-29-15-13-18-9-5-2-6-10-18)20(25)16-19-11-12-21(27)22-23(19)30-24(28)26-22/h2,5-6,9-12,17,20,27H,3-4,7-8,13-16,25H2,1H3,(H,26,28)/t17-,20+/m0/s1. The Balaban J connectivity index is 1.33. The van der Waals surface area contributed by atoms with Gasteiger partial charge in [-0.2, -0.15) is 0 Å². The van der Waals surface area contributed by atoms with Crippen LogP contribution < -0.4 is 10.6 Å². The van der Waals surface area contributed by atoms with Gasteiger partial charge in [-0.05, 0) is 48.8 Å². The summed E-state index contributed by atoms with van der Waals surface area (Å²) < 4.78 is 6.57. The molecule has 6 heteroatoms. The molecule has 0 fully saturated rings. The molecule has 0 saturated heterocycles. The highest BCUT2D eigenvalue weighted by Gasteiger charge is 2.17. The molecule has 0 saturated carbocycles. The van der Waals surface area contributed by atoms with Crippen LogP contribution in [-0.2, 0) is 17.6 Å². The van der Waals surface area contributed by atoms with E-state index in [2.05, 4.69) is 36.2 Å². The fourth-order valence-corrected chi connectivity index (χ4v) is 4.57. The molecule has 3 aromatic rings. The second-order valence-corrected chi connectivity index (χ2v) is 8.99. The van der Waals surface area contributed by atoms with Crippen molar-refractivity contribution in [1.82, 2.24) is 4.98 Å². The molecule has 0 aliphatic carbocycles. The Labute approximate surface area is 181 Å². The van der Waals surface area contributed by atoms with Crippen LogP contribution in [0.3, 0.4) is 0 Å². The number of benzene rings is 2. The third-order valence-corrected chi connectivity index (χ3v) is 6.61. The molecule has 162 valence electrons. The van der Waals surface area contributed by atoms with Gasteiger partial charge in [-0.25, -0.2) is 0 Å². The quantitative estimate of drug-likeness (QED) is 0.367. The normalized spacial score (nSPS) is 13.5. The molecule has 5 nitrogen and oxygen atoms in total. The first kappa shape index (κ1) is 22.5. The van der Waals surface area contributed by atoms with Gasteiger partial charge in [0.1, 0.15) is 11.3 Å². The summed E-state index contributed by atoms with van der Waals surface area (Å²) in [5, 5.41) is 9.93. The van der Waals surface area contributed by atoms with E-state index in [9.17, 15) is 9.90 Å². The number of aromatic amines is 1. The van der Waals surface area contributed by atoms with Crippen LogP contribution in [0.1, 0.15) is 43.7 Å². The number of fused-ring (bicyclic) bond motifs is 1. The Morgan fingerprint density at radius 1 is 1.10 bits per heavy atom. The zero-order valence-electron chi connectivity index (χ0n) is 17.6. The molecular weight excluding hydrogens is 396 g/mol. The van der Waals surface area contributed by atoms with Crippen LogP contribution in [-0.4, -0.2) is 29.3 Å². The van der Waals surface area contributed by atoms with E-state index in [1.54, 1.807) is 6.07 Å². The van der Waals surface area contributed by atoms with Gasteiger partial charge in [-0.3, -0.25) is 4.79 Å². The van der Waals surface area contributed by atoms with Crippen molar-refractivity contribution in [3.05, 3.63) is 63.3 Å². The summed E-state index contributed by atoms with van der Waals surface area (Å²) in [5.41, 5.74) is 9.32. The van der Waals surface area contributed by atoms with E-state index < -0.39 is 0 Å². The van der Waals surface area contributed by atoms with Gasteiger partial charge >= 0.3 is 4.87 Å². The Morgan fingerprint density at radius 2 is 1.90 bits per heavy atom. The zero-order chi connectivity index (χ0) is 21.3. The van der Waals surface area contributed by atoms with Crippen molar-refractivity contribution >= 4 is 21.6 Å². The lowest BCUT2D eigenvalue weighted by Gasteiger charge is -2.20. The summed E-state index contributed by atoms with van der Waals surface area (Å²) in [6.45, 7) is 3.78. The fourth-order valence-electron chi connectivity index (χ4n) is 3.69. The van der Waals surface area contributed by atoms with Gasteiger partial charge in [-0.1, -0.05) is 67.5 Å². The molecule has 0 aliphatic rings. The maximum atomic E-state index is 11.7. The summed E-state index contributed by atoms with van der Waals surface area (Å²) in [7, 11) is 0. The number of ether oxygens (including phenoxy) is 1. The number of hydrogen-bond donors (Lipinski definition) is 3. The number of H-pyrrole nitrogens is 1. The van der Waals surface area contributed by atoms with Crippen molar-refractivity contribution in [3.63, 3.8) is 0 Å². The van der Waals surface area contributed by atoms with Crippen LogP contribution in [0.25, 0.3) is 10.2 Å². The minimum Gasteiger partial charge on any atom is -0.506 e. The van der Waals surface area contributed by atoms with E-state index in [4.69, 9.17) is 10.5 Å². The summed E-state index contributed by atoms with van der Waals surface area (Å²) >= 11 is 1.14. The first-order valence-corrected chi connectivity index (χ1v) is 11.6. The van der Waals surface area contributed by atoms with Crippen LogP contribution >= 0.6 is 11.3 Å². The van der Waals surface area contributed by atoms with Crippen molar-refractivity contribution in [2.75, 3.05) is 13.2 Å². The van der Waals surface area contributed by atoms with E-state index >= 15 is 0 Å². The van der Waals surface area contributed by atoms with Crippen LogP contribution in [0.5, 0.6) is 5.75 Å². The SMILES string of the molecule is C[C@@H](CCCCCOCCc1ccccc1)[C@H](N)Cc1ccc(O)c2[nH]c(=O)sc12. The molecule has 30 heavy (non-hydrogen) atoms. The Morgan fingerprint density at radius 3 is 2.70 bits per heavy atom. The van der Waals surface area contributed by atoms with E-state index in [0.717, 1.165) is 66.9 Å². The lowest BCUT2D eigenvalue weighted by atomic mass is 9.91. The lowest BCUT2D eigenvalue weighted by molar-refractivity contribution is 0.132. The van der Waals surface area contributed by atoms with Crippen LogP contribution in [0.4, 0.5) is 0 Å². The number of rotatable bonds is 12. The number of nitrogens with two attached hydrogens (primary N) is 1. The minimum atomic E-state index is -0.152. The van der Waals surface area contributed by atoms with Crippen LogP contribution in [0.2, 0.25) is 0 Å². The second kappa shape index (κ2) is 11.3. The highest BCUT2D eigenvalue weighted by atomic mass is 32.1. The average molecular weight is 429 g/mol. The van der Waals surface area contributed by atoms with Crippen molar-refractivity contribution in [2.45, 2.75) is 51.5 Å². The topological polar surface area (TPSA) is 88.3 Å².